The number of carbonyl (C=O) groups is 1. The van der Waals surface area contributed by atoms with E-state index >= 15 is 0 Å². The highest BCUT2D eigenvalue weighted by Crippen LogP contribution is 2.23. The number of hydrogen-bond acceptors (Lipinski definition) is 3. The van der Waals surface area contributed by atoms with Gasteiger partial charge in [0.15, 0.2) is 0 Å². The van der Waals surface area contributed by atoms with Crippen molar-refractivity contribution in [3.05, 3.63) is 35.6 Å². The van der Waals surface area contributed by atoms with E-state index < -0.39 is 11.9 Å². The van der Waals surface area contributed by atoms with Gasteiger partial charge in [-0.3, -0.25) is 9.69 Å². The van der Waals surface area contributed by atoms with Crippen molar-refractivity contribution in [1.82, 2.24) is 10.2 Å². The molecule has 1 saturated heterocycles. The number of rotatable bonds is 3. The molecule has 4 nitrogen and oxygen atoms in total. The molecule has 0 aliphatic carbocycles. The molecule has 18 heavy (non-hydrogen) atoms. The molecule has 1 unspecified atom stereocenters. The van der Waals surface area contributed by atoms with Gasteiger partial charge >= 0.3 is 0 Å². The molecule has 1 aromatic carbocycles. The van der Waals surface area contributed by atoms with Crippen LogP contribution in [0.25, 0.3) is 0 Å². The van der Waals surface area contributed by atoms with Gasteiger partial charge < -0.3 is 11.1 Å². The Bertz CT molecular complexity index is 416. The van der Waals surface area contributed by atoms with E-state index in [1.54, 1.807) is 18.2 Å². The zero-order chi connectivity index (χ0) is 13.0. The van der Waals surface area contributed by atoms with Crippen LogP contribution in [0.15, 0.2) is 24.3 Å². The maximum absolute atomic E-state index is 13.8. The third kappa shape index (κ3) is 2.86. The van der Waals surface area contributed by atoms with Gasteiger partial charge in [0.1, 0.15) is 11.9 Å². The van der Waals surface area contributed by atoms with Gasteiger partial charge in [0, 0.05) is 25.2 Å². The Balaban J connectivity index is 2.27. The summed E-state index contributed by atoms with van der Waals surface area (Å²) in [6, 6.07) is 5.65. The van der Waals surface area contributed by atoms with Crippen LogP contribution in [0.3, 0.4) is 0 Å². The SMILES string of the molecule is NC(=O)C(c1ccccc1F)N1CCCNCC1. The van der Waals surface area contributed by atoms with Crippen LogP contribution in [0.1, 0.15) is 18.0 Å². The van der Waals surface area contributed by atoms with Crippen LogP contribution >= 0.6 is 0 Å². The minimum Gasteiger partial charge on any atom is -0.368 e. The lowest BCUT2D eigenvalue weighted by Gasteiger charge is -2.28. The lowest BCUT2D eigenvalue weighted by atomic mass is 10.0. The average molecular weight is 251 g/mol. The van der Waals surface area contributed by atoms with Crippen molar-refractivity contribution in [3.63, 3.8) is 0 Å². The van der Waals surface area contributed by atoms with Gasteiger partial charge in [-0.25, -0.2) is 4.39 Å². The van der Waals surface area contributed by atoms with Crippen LogP contribution < -0.4 is 11.1 Å². The predicted molar refractivity (Wildman–Crippen MR) is 67.4 cm³/mol. The van der Waals surface area contributed by atoms with Crippen molar-refractivity contribution in [2.24, 2.45) is 5.73 Å². The summed E-state index contributed by atoms with van der Waals surface area (Å²) in [5.74, 6) is -0.875. The number of primary amides is 1. The number of benzene rings is 1. The normalized spacial score (nSPS) is 19.2. The molecule has 0 aromatic heterocycles. The number of halogens is 1. The first-order chi connectivity index (χ1) is 8.70. The smallest absolute Gasteiger partial charge is 0.239 e. The number of hydrogen-bond donors (Lipinski definition) is 2. The third-order valence-electron chi connectivity index (χ3n) is 3.21. The summed E-state index contributed by atoms with van der Waals surface area (Å²) in [5.41, 5.74) is 5.82. The second kappa shape index (κ2) is 5.93. The van der Waals surface area contributed by atoms with Crippen molar-refractivity contribution in [1.29, 1.82) is 0 Å². The molecule has 1 fully saturated rings. The maximum Gasteiger partial charge on any atom is 0.239 e. The van der Waals surface area contributed by atoms with Gasteiger partial charge in [0.05, 0.1) is 0 Å². The highest BCUT2D eigenvalue weighted by molar-refractivity contribution is 5.81. The van der Waals surface area contributed by atoms with Gasteiger partial charge in [-0.1, -0.05) is 18.2 Å². The second-order valence-electron chi connectivity index (χ2n) is 4.47. The molecule has 1 amide bonds. The Morgan fingerprint density at radius 2 is 2.11 bits per heavy atom. The minimum atomic E-state index is -0.675. The van der Waals surface area contributed by atoms with Crippen molar-refractivity contribution in [2.75, 3.05) is 26.2 Å². The Labute approximate surface area is 106 Å². The molecule has 0 spiro atoms. The highest BCUT2D eigenvalue weighted by Gasteiger charge is 2.28. The Kier molecular flexibility index (Phi) is 4.28. The van der Waals surface area contributed by atoms with Crippen LogP contribution in [-0.4, -0.2) is 37.0 Å². The topological polar surface area (TPSA) is 58.4 Å². The van der Waals surface area contributed by atoms with E-state index in [2.05, 4.69) is 5.32 Å². The first-order valence-corrected chi connectivity index (χ1v) is 6.18. The van der Waals surface area contributed by atoms with E-state index in [0.29, 0.717) is 12.1 Å². The monoisotopic (exact) mass is 251 g/mol. The summed E-state index contributed by atoms with van der Waals surface area (Å²) in [5, 5.41) is 3.25. The molecule has 2 rings (SSSR count). The van der Waals surface area contributed by atoms with Crippen LogP contribution in [0.5, 0.6) is 0 Å². The van der Waals surface area contributed by atoms with E-state index in [9.17, 15) is 9.18 Å². The van der Waals surface area contributed by atoms with Gasteiger partial charge in [0.25, 0.3) is 0 Å². The molecule has 0 saturated carbocycles. The molecular weight excluding hydrogens is 233 g/mol. The molecule has 5 heteroatoms. The van der Waals surface area contributed by atoms with E-state index in [1.807, 2.05) is 4.90 Å². The van der Waals surface area contributed by atoms with Crippen LogP contribution in [0.4, 0.5) is 4.39 Å². The number of nitrogens with zero attached hydrogens (tertiary/aromatic N) is 1. The van der Waals surface area contributed by atoms with Crippen LogP contribution in [0, 0.1) is 5.82 Å². The standard InChI is InChI=1S/C13H18FN3O/c14-11-5-2-1-4-10(11)12(13(15)18)17-8-3-6-16-7-9-17/h1-2,4-5,12,16H,3,6-9H2,(H2,15,18). The van der Waals surface area contributed by atoms with E-state index in [0.717, 1.165) is 26.1 Å². The first kappa shape index (κ1) is 13.0. The summed E-state index contributed by atoms with van der Waals surface area (Å²) < 4.78 is 13.8. The molecule has 1 heterocycles. The Hall–Kier alpha value is -1.46. The molecule has 0 radical (unpaired) electrons. The van der Waals surface area contributed by atoms with E-state index in [-0.39, 0.29) is 5.82 Å². The number of nitrogens with two attached hydrogens (primary N) is 1. The Morgan fingerprint density at radius 3 is 2.83 bits per heavy atom. The molecule has 0 bridgehead atoms. The second-order valence-corrected chi connectivity index (χ2v) is 4.47. The number of amides is 1. The summed E-state index contributed by atoms with van der Waals surface area (Å²) in [6.07, 6.45) is 0.929. The fourth-order valence-electron chi connectivity index (χ4n) is 2.35. The Morgan fingerprint density at radius 1 is 1.33 bits per heavy atom. The summed E-state index contributed by atoms with van der Waals surface area (Å²) in [4.78, 5) is 13.6. The molecule has 3 N–H and O–H groups in total. The zero-order valence-corrected chi connectivity index (χ0v) is 10.2. The molecule has 1 aromatic rings. The summed E-state index contributed by atoms with van der Waals surface area (Å²) >= 11 is 0. The number of carbonyl (C=O) groups excluding carboxylic acids is 1. The zero-order valence-electron chi connectivity index (χ0n) is 10.2. The largest absolute Gasteiger partial charge is 0.368 e. The lowest BCUT2D eigenvalue weighted by Crippen LogP contribution is -2.40. The molecular formula is C13H18FN3O. The van der Waals surface area contributed by atoms with Crippen molar-refractivity contribution < 1.29 is 9.18 Å². The molecule has 1 atom stereocenters. The molecule has 98 valence electrons. The highest BCUT2D eigenvalue weighted by atomic mass is 19.1. The van der Waals surface area contributed by atoms with Crippen molar-refractivity contribution >= 4 is 5.91 Å². The van der Waals surface area contributed by atoms with Gasteiger partial charge in [-0.2, -0.15) is 0 Å². The van der Waals surface area contributed by atoms with Crippen molar-refractivity contribution in [2.45, 2.75) is 12.5 Å². The molecule has 1 aliphatic heterocycles. The van der Waals surface area contributed by atoms with Crippen LogP contribution in [0.2, 0.25) is 0 Å². The summed E-state index contributed by atoms with van der Waals surface area (Å²) in [7, 11) is 0. The first-order valence-electron chi connectivity index (χ1n) is 6.18. The predicted octanol–water partition coefficient (Wildman–Crippen LogP) is 0.647. The minimum absolute atomic E-state index is 0.368. The average Bonchev–Trinajstić information content (AvgIpc) is 2.60. The van der Waals surface area contributed by atoms with Gasteiger partial charge in [-0.05, 0) is 19.0 Å². The summed E-state index contributed by atoms with van der Waals surface area (Å²) in [6.45, 7) is 3.15. The quantitative estimate of drug-likeness (QED) is 0.829. The lowest BCUT2D eigenvalue weighted by molar-refractivity contribution is -0.123. The van der Waals surface area contributed by atoms with E-state index in [4.69, 9.17) is 5.73 Å². The fourth-order valence-corrected chi connectivity index (χ4v) is 2.35. The molecule has 1 aliphatic rings. The van der Waals surface area contributed by atoms with Gasteiger partial charge in [0.2, 0.25) is 5.91 Å². The van der Waals surface area contributed by atoms with Crippen molar-refractivity contribution in [3.8, 4) is 0 Å². The van der Waals surface area contributed by atoms with Gasteiger partial charge in [-0.15, -0.1) is 0 Å². The maximum atomic E-state index is 13.8. The fraction of sp³-hybridized carbons (Fsp3) is 0.462. The van der Waals surface area contributed by atoms with E-state index in [1.165, 1.54) is 6.07 Å². The third-order valence-corrected chi connectivity index (χ3v) is 3.21. The van der Waals surface area contributed by atoms with Crippen LogP contribution in [-0.2, 0) is 4.79 Å². The number of nitrogens with one attached hydrogen (secondary N) is 1.